The minimum Gasteiger partial charge on any atom is -0.497 e. The van der Waals surface area contributed by atoms with Crippen molar-refractivity contribution in [3.63, 3.8) is 0 Å². The van der Waals surface area contributed by atoms with E-state index in [1.165, 1.54) is 50.9 Å². The van der Waals surface area contributed by atoms with Crippen LogP contribution in [0.25, 0.3) is 0 Å². The summed E-state index contributed by atoms with van der Waals surface area (Å²) >= 11 is 0. The lowest BCUT2D eigenvalue weighted by molar-refractivity contribution is 0.190. The Morgan fingerprint density at radius 3 is 2.68 bits per heavy atom. The smallest absolute Gasteiger partial charge is 0.123 e. The van der Waals surface area contributed by atoms with Gasteiger partial charge in [-0.3, -0.25) is 4.90 Å². The SMILES string of the molecule is COc1ccc(OC)c(CN(CC2CCCNC2)C2CC2)c1. The van der Waals surface area contributed by atoms with E-state index in [9.17, 15) is 0 Å². The number of ether oxygens (including phenoxy) is 2. The van der Waals surface area contributed by atoms with Gasteiger partial charge in [-0.2, -0.15) is 0 Å². The van der Waals surface area contributed by atoms with Crippen molar-refractivity contribution >= 4 is 0 Å². The molecule has 0 spiro atoms. The van der Waals surface area contributed by atoms with E-state index >= 15 is 0 Å². The van der Waals surface area contributed by atoms with Gasteiger partial charge in [0.15, 0.2) is 0 Å². The fraction of sp³-hybridized carbons (Fsp3) is 0.667. The second-order valence-corrected chi connectivity index (χ2v) is 6.55. The van der Waals surface area contributed by atoms with E-state index in [1.807, 2.05) is 12.1 Å². The van der Waals surface area contributed by atoms with E-state index in [0.29, 0.717) is 0 Å². The van der Waals surface area contributed by atoms with Gasteiger partial charge in [0.2, 0.25) is 0 Å². The molecule has 0 amide bonds. The van der Waals surface area contributed by atoms with E-state index in [4.69, 9.17) is 9.47 Å². The van der Waals surface area contributed by atoms with Crippen molar-refractivity contribution in [1.29, 1.82) is 0 Å². The van der Waals surface area contributed by atoms with Crippen molar-refractivity contribution in [3.05, 3.63) is 23.8 Å². The van der Waals surface area contributed by atoms with Crippen LogP contribution in [0.1, 0.15) is 31.2 Å². The van der Waals surface area contributed by atoms with Crippen LogP contribution in [0.5, 0.6) is 11.5 Å². The van der Waals surface area contributed by atoms with E-state index in [1.54, 1.807) is 14.2 Å². The molecule has 122 valence electrons. The third kappa shape index (κ3) is 3.93. The summed E-state index contributed by atoms with van der Waals surface area (Å²) < 4.78 is 10.9. The average molecular weight is 304 g/mol. The Bertz CT molecular complexity index is 482. The van der Waals surface area contributed by atoms with Gasteiger partial charge >= 0.3 is 0 Å². The Balaban J connectivity index is 1.70. The number of nitrogens with zero attached hydrogens (tertiary/aromatic N) is 1. The molecule has 4 heteroatoms. The zero-order chi connectivity index (χ0) is 15.4. The topological polar surface area (TPSA) is 33.7 Å². The number of hydrogen-bond donors (Lipinski definition) is 1. The number of hydrogen-bond acceptors (Lipinski definition) is 4. The summed E-state index contributed by atoms with van der Waals surface area (Å²) in [6.07, 6.45) is 5.34. The number of benzene rings is 1. The van der Waals surface area contributed by atoms with Crippen LogP contribution in [-0.4, -0.2) is 44.8 Å². The van der Waals surface area contributed by atoms with Gasteiger partial charge in [0, 0.05) is 24.7 Å². The molecule has 1 saturated heterocycles. The molecule has 4 nitrogen and oxygen atoms in total. The van der Waals surface area contributed by atoms with Crippen LogP contribution in [0.4, 0.5) is 0 Å². The molecule has 1 atom stereocenters. The summed E-state index contributed by atoms with van der Waals surface area (Å²) in [5.41, 5.74) is 1.23. The molecule has 22 heavy (non-hydrogen) atoms. The van der Waals surface area contributed by atoms with Crippen molar-refractivity contribution in [1.82, 2.24) is 10.2 Å². The first-order valence-corrected chi connectivity index (χ1v) is 8.46. The van der Waals surface area contributed by atoms with Gasteiger partial charge in [-0.05, 0) is 62.9 Å². The number of methoxy groups -OCH3 is 2. The molecule has 1 heterocycles. The van der Waals surface area contributed by atoms with Crippen molar-refractivity contribution < 1.29 is 9.47 Å². The minimum atomic E-state index is 0.762. The van der Waals surface area contributed by atoms with Crippen molar-refractivity contribution in [2.45, 2.75) is 38.3 Å². The molecule has 1 aliphatic heterocycles. The van der Waals surface area contributed by atoms with Gasteiger partial charge in [0.1, 0.15) is 11.5 Å². The van der Waals surface area contributed by atoms with Gasteiger partial charge < -0.3 is 14.8 Å². The van der Waals surface area contributed by atoms with E-state index in [2.05, 4.69) is 16.3 Å². The van der Waals surface area contributed by atoms with E-state index in [0.717, 1.165) is 30.0 Å². The predicted octanol–water partition coefficient (Wildman–Crippen LogP) is 2.67. The Morgan fingerprint density at radius 2 is 2.05 bits per heavy atom. The lowest BCUT2D eigenvalue weighted by Crippen LogP contribution is -2.39. The molecular weight excluding hydrogens is 276 g/mol. The van der Waals surface area contributed by atoms with Crippen LogP contribution in [-0.2, 0) is 6.54 Å². The van der Waals surface area contributed by atoms with Crippen LogP contribution in [0, 0.1) is 5.92 Å². The van der Waals surface area contributed by atoms with Crippen LogP contribution < -0.4 is 14.8 Å². The summed E-state index contributed by atoms with van der Waals surface area (Å²) in [6.45, 7) is 4.50. The van der Waals surface area contributed by atoms with Gasteiger partial charge in [-0.25, -0.2) is 0 Å². The molecule has 1 saturated carbocycles. The zero-order valence-corrected chi connectivity index (χ0v) is 13.8. The van der Waals surface area contributed by atoms with E-state index in [-0.39, 0.29) is 0 Å². The van der Waals surface area contributed by atoms with Gasteiger partial charge in [0.05, 0.1) is 14.2 Å². The first-order valence-electron chi connectivity index (χ1n) is 8.46. The zero-order valence-electron chi connectivity index (χ0n) is 13.8. The molecule has 0 aromatic heterocycles. The summed E-state index contributed by atoms with van der Waals surface area (Å²) in [5, 5.41) is 3.53. The van der Waals surface area contributed by atoms with Gasteiger partial charge in [0.25, 0.3) is 0 Å². The van der Waals surface area contributed by atoms with Crippen molar-refractivity contribution in [2.75, 3.05) is 33.9 Å². The summed E-state index contributed by atoms with van der Waals surface area (Å²) in [5.74, 6) is 2.66. The minimum absolute atomic E-state index is 0.762. The highest BCUT2D eigenvalue weighted by Crippen LogP contribution is 2.33. The Morgan fingerprint density at radius 1 is 1.18 bits per heavy atom. The second-order valence-electron chi connectivity index (χ2n) is 6.55. The quantitative estimate of drug-likeness (QED) is 0.840. The second kappa shape index (κ2) is 7.34. The van der Waals surface area contributed by atoms with Crippen LogP contribution in [0.3, 0.4) is 0 Å². The predicted molar refractivity (Wildman–Crippen MR) is 88.6 cm³/mol. The summed E-state index contributed by atoms with van der Waals surface area (Å²) in [7, 11) is 3.47. The maximum absolute atomic E-state index is 5.54. The molecule has 1 N–H and O–H groups in total. The number of nitrogens with one attached hydrogen (secondary N) is 1. The number of rotatable bonds is 7. The molecule has 1 aromatic rings. The normalized spacial score (nSPS) is 21.9. The third-order valence-electron chi connectivity index (χ3n) is 4.82. The Hall–Kier alpha value is -1.26. The Kier molecular flexibility index (Phi) is 5.21. The molecule has 3 rings (SSSR count). The fourth-order valence-corrected chi connectivity index (χ4v) is 3.42. The highest BCUT2D eigenvalue weighted by atomic mass is 16.5. The van der Waals surface area contributed by atoms with Gasteiger partial charge in [-0.1, -0.05) is 0 Å². The fourth-order valence-electron chi connectivity index (χ4n) is 3.42. The standard InChI is InChI=1S/C18H28N2O2/c1-21-17-7-8-18(22-2)15(10-17)13-20(16-5-6-16)12-14-4-3-9-19-11-14/h7-8,10,14,16,19H,3-6,9,11-13H2,1-2H3. The highest BCUT2D eigenvalue weighted by molar-refractivity contribution is 5.40. The number of piperidine rings is 1. The highest BCUT2D eigenvalue weighted by Gasteiger charge is 2.31. The molecule has 2 fully saturated rings. The molecule has 1 unspecified atom stereocenters. The van der Waals surface area contributed by atoms with Crippen LogP contribution in [0.2, 0.25) is 0 Å². The third-order valence-corrected chi connectivity index (χ3v) is 4.82. The van der Waals surface area contributed by atoms with E-state index < -0.39 is 0 Å². The van der Waals surface area contributed by atoms with Crippen LogP contribution >= 0.6 is 0 Å². The molecule has 1 aliphatic carbocycles. The van der Waals surface area contributed by atoms with Crippen molar-refractivity contribution in [2.24, 2.45) is 5.92 Å². The first-order chi connectivity index (χ1) is 10.8. The largest absolute Gasteiger partial charge is 0.497 e. The summed E-state index contributed by atoms with van der Waals surface area (Å²) in [4.78, 5) is 2.65. The van der Waals surface area contributed by atoms with Gasteiger partial charge in [-0.15, -0.1) is 0 Å². The van der Waals surface area contributed by atoms with Crippen molar-refractivity contribution in [3.8, 4) is 11.5 Å². The lowest BCUT2D eigenvalue weighted by Gasteiger charge is -2.30. The monoisotopic (exact) mass is 304 g/mol. The lowest BCUT2D eigenvalue weighted by atomic mass is 9.98. The average Bonchev–Trinajstić information content (AvgIpc) is 3.40. The summed E-state index contributed by atoms with van der Waals surface area (Å²) in [6, 6.07) is 6.86. The molecule has 2 aliphatic rings. The maximum atomic E-state index is 5.54. The molecular formula is C18H28N2O2. The first kappa shape index (κ1) is 15.6. The molecule has 0 radical (unpaired) electrons. The Labute approximate surface area is 133 Å². The molecule has 0 bridgehead atoms. The molecule has 1 aromatic carbocycles. The van der Waals surface area contributed by atoms with Crippen LogP contribution in [0.15, 0.2) is 18.2 Å². The maximum Gasteiger partial charge on any atom is 0.123 e.